The number of nitrogens with zero attached hydrogens (tertiary/aromatic N) is 1. The predicted octanol–water partition coefficient (Wildman–Crippen LogP) is 5.22. The molecule has 1 aromatic rings. The molecule has 1 saturated heterocycles. The van der Waals surface area contributed by atoms with Gasteiger partial charge >= 0.3 is 0 Å². The number of benzene rings is 1. The monoisotopic (exact) mass is 293 g/mol. The Kier molecular flexibility index (Phi) is 5.66. The van der Waals surface area contributed by atoms with E-state index in [1.165, 1.54) is 68.4 Å². The molecule has 0 N–H and O–H groups in total. The fraction of sp³-hybridized carbons (Fsp3) is 0.429. The number of hydrogen-bond acceptors (Lipinski definition) is 1. The third-order valence-corrected chi connectivity index (χ3v) is 4.65. The summed E-state index contributed by atoms with van der Waals surface area (Å²) in [6.45, 7) is 3.91. The lowest BCUT2D eigenvalue weighted by molar-refractivity contribution is 0.226. The molecule has 3 rings (SSSR count). The van der Waals surface area contributed by atoms with E-state index < -0.39 is 0 Å². The van der Waals surface area contributed by atoms with Crippen molar-refractivity contribution in [2.24, 2.45) is 0 Å². The van der Waals surface area contributed by atoms with Gasteiger partial charge in [-0.1, -0.05) is 66.6 Å². The molecule has 0 amide bonds. The maximum absolute atomic E-state index is 2.64. The van der Waals surface area contributed by atoms with Crippen molar-refractivity contribution in [3.8, 4) is 0 Å². The lowest BCUT2D eigenvalue weighted by Gasteiger charge is -2.26. The van der Waals surface area contributed by atoms with Crippen LogP contribution >= 0.6 is 0 Å². The molecule has 0 aromatic heterocycles. The molecule has 116 valence electrons. The SMILES string of the molecule is C1=CC(CCCN2CCCCC2)=CCC1=Cc1ccccc1. The summed E-state index contributed by atoms with van der Waals surface area (Å²) in [6.07, 6.45) is 17.1. The topological polar surface area (TPSA) is 3.24 Å². The van der Waals surface area contributed by atoms with Crippen LogP contribution in [-0.2, 0) is 0 Å². The van der Waals surface area contributed by atoms with Gasteiger partial charge in [0.1, 0.15) is 0 Å². The lowest BCUT2D eigenvalue weighted by Crippen LogP contribution is -2.30. The van der Waals surface area contributed by atoms with Crippen LogP contribution in [0.5, 0.6) is 0 Å². The number of allylic oxidation sites excluding steroid dienone is 5. The van der Waals surface area contributed by atoms with Gasteiger partial charge in [0.2, 0.25) is 0 Å². The average Bonchev–Trinajstić information content (AvgIpc) is 2.58. The standard InChI is InChI=1S/C21H27N/c1-3-8-20(9-4-1)18-21-13-11-19(12-14-21)10-7-17-22-15-5-2-6-16-22/h1,3-4,8-9,11-13,18H,2,5-7,10,14-17H2. The fourth-order valence-corrected chi connectivity index (χ4v) is 3.34. The Labute approximate surface area is 135 Å². The Bertz CT molecular complexity index is 545. The Morgan fingerprint density at radius 1 is 0.955 bits per heavy atom. The van der Waals surface area contributed by atoms with Gasteiger partial charge in [-0.05, 0) is 62.9 Å². The van der Waals surface area contributed by atoms with E-state index in [0.29, 0.717) is 0 Å². The summed E-state index contributed by atoms with van der Waals surface area (Å²) in [5.41, 5.74) is 4.22. The molecular formula is C21H27N. The van der Waals surface area contributed by atoms with E-state index in [1.54, 1.807) is 0 Å². The minimum absolute atomic E-state index is 1.07. The summed E-state index contributed by atoms with van der Waals surface area (Å²) >= 11 is 0. The largest absolute Gasteiger partial charge is 0.303 e. The Morgan fingerprint density at radius 2 is 1.77 bits per heavy atom. The summed E-state index contributed by atoms with van der Waals surface area (Å²) in [6, 6.07) is 10.6. The van der Waals surface area contributed by atoms with Crippen LogP contribution in [0.4, 0.5) is 0 Å². The fourth-order valence-electron chi connectivity index (χ4n) is 3.34. The number of hydrogen-bond donors (Lipinski definition) is 0. The van der Waals surface area contributed by atoms with E-state index >= 15 is 0 Å². The van der Waals surface area contributed by atoms with E-state index in [2.05, 4.69) is 59.5 Å². The Hall–Kier alpha value is -1.60. The predicted molar refractivity (Wildman–Crippen MR) is 95.8 cm³/mol. The van der Waals surface area contributed by atoms with Crippen LogP contribution in [0.1, 0.15) is 44.1 Å². The van der Waals surface area contributed by atoms with Crippen LogP contribution < -0.4 is 0 Å². The zero-order valence-electron chi connectivity index (χ0n) is 13.5. The molecule has 0 radical (unpaired) electrons. The molecule has 2 aliphatic rings. The van der Waals surface area contributed by atoms with Crippen molar-refractivity contribution >= 4 is 6.08 Å². The second kappa shape index (κ2) is 8.14. The summed E-state index contributed by atoms with van der Waals surface area (Å²) in [5, 5.41) is 0. The highest BCUT2D eigenvalue weighted by Gasteiger charge is 2.09. The maximum Gasteiger partial charge on any atom is -0.00156 e. The van der Waals surface area contributed by atoms with Gasteiger partial charge in [0.25, 0.3) is 0 Å². The van der Waals surface area contributed by atoms with Gasteiger partial charge in [-0.3, -0.25) is 0 Å². The van der Waals surface area contributed by atoms with Crippen molar-refractivity contribution in [3.05, 3.63) is 65.3 Å². The van der Waals surface area contributed by atoms with Crippen molar-refractivity contribution in [1.29, 1.82) is 0 Å². The molecule has 1 aromatic carbocycles. The van der Waals surface area contributed by atoms with Crippen molar-refractivity contribution in [2.75, 3.05) is 19.6 Å². The van der Waals surface area contributed by atoms with Crippen molar-refractivity contribution < 1.29 is 0 Å². The van der Waals surface area contributed by atoms with E-state index in [-0.39, 0.29) is 0 Å². The van der Waals surface area contributed by atoms with Gasteiger partial charge in [-0.15, -0.1) is 0 Å². The first-order valence-electron chi connectivity index (χ1n) is 8.75. The van der Waals surface area contributed by atoms with Crippen LogP contribution in [0.2, 0.25) is 0 Å². The molecule has 0 unspecified atom stereocenters. The minimum atomic E-state index is 1.07. The summed E-state index contributed by atoms with van der Waals surface area (Å²) in [7, 11) is 0. The molecule has 1 aliphatic heterocycles. The number of rotatable bonds is 5. The third kappa shape index (κ3) is 4.71. The van der Waals surface area contributed by atoms with Gasteiger partial charge in [0.05, 0.1) is 0 Å². The highest BCUT2D eigenvalue weighted by atomic mass is 15.1. The third-order valence-electron chi connectivity index (χ3n) is 4.65. The highest BCUT2D eigenvalue weighted by molar-refractivity contribution is 5.57. The van der Waals surface area contributed by atoms with E-state index in [9.17, 15) is 0 Å². The van der Waals surface area contributed by atoms with Gasteiger partial charge in [0, 0.05) is 0 Å². The summed E-state index contributed by atoms with van der Waals surface area (Å²) < 4.78 is 0. The molecule has 0 saturated carbocycles. The minimum Gasteiger partial charge on any atom is -0.303 e. The molecule has 1 heteroatoms. The Balaban J connectivity index is 1.43. The average molecular weight is 293 g/mol. The molecule has 0 atom stereocenters. The van der Waals surface area contributed by atoms with Crippen LogP contribution in [-0.4, -0.2) is 24.5 Å². The van der Waals surface area contributed by atoms with E-state index in [4.69, 9.17) is 0 Å². The smallest absolute Gasteiger partial charge is 0.00156 e. The molecule has 1 fully saturated rings. The van der Waals surface area contributed by atoms with Crippen LogP contribution in [0.3, 0.4) is 0 Å². The maximum atomic E-state index is 2.64. The first kappa shape index (κ1) is 15.3. The molecule has 1 nitrogen and oxygen atoms in total. The van der Waals surface area contributed by atoms with Gasteiger partial charge in [-0.2, -0.15) is 0 Å². The highest BCUT2D eigenvalue weighted by Crippen LogP contribution is 2.21. The quantitative estimate of drug-likeness (QED) is 0.719. The van der Waals surface area contributed by atoms with Gasteiger partial charge in [-0.25, -0.2) is 0 Å². The zero-order chi connectivity index (χ0) is 15.0. The van der Waals surface area contributed by atoms with Gasteiger partial charge < -0.3 is 4.90 Å². The molecule has 1 aliphatic carbocycles. The normalized spacial score (nSPS) is 21.1. The molecular weight excluding hydrogens is 266 g/mol. The van der Waals surface area contributed by atoms with Crippen molar-refractivity contribution in [3.63, 3.8) is 0 Å². The van der Waals surface area contributed by atoms with Crippen molar-refractivity contribution in [2.45, 2.75) is 38.5 Å². The molecule has 1 heterocycles. The van der Waals surface area contributed by atoms with Crippen LogP contribution in [0, 0.1) is 0 Å². The molecule has 22 heavy (non-hydrogen) atoms. The second-order valence-electron chi connectivity index (χ2n) is 6.45. The molecule has 0 bridgehead atoms. The molecule has 0 spiro atoms. The Morgan fingerprint density at radius 3 is 2.50 bits per heavy atom. The number of likely N-dealkylation sites (tertiary alicyclic amines) is 1. The van der Waals surface area contributed by atoms with Gasteiger partial charge in [0.15, 0.2) is 0 Å². The van der Waals surface area contributed by atoms with Crippen LogP contribution in [0.15, 0.2) is 59.7 Å². The second-order valence-corrected chi connectivity index (χ2v) is 6.45. The zero-order valence-corrected chi connectivity index (χ0v) is 13.5. The van der Waals surface area contributed by atoms with Crippen LogP contribution in [0.25, 0.3) is 6.08 Å². The number of piperidine rings is 1. The van der Waals surface area contributed by atoms with E-state index in [1.807, 2.05) is 0 Å². The summed E-state index contributed by atoms with van der Waals surface area (Å²) in [4.78, 5) is 2.64. The van der Waals surface area contributed by atoms with E-state index in [0.717, 1.165) is 6.42 Å². The first-order chi connectivity index (χ1) is 10.9. The van der Waals surface area contributed by atoms with Crippen molar-refractivity contribution in [1.82, 2.24) is 4.90 Å². The first-order valence-corrected chi connectivity index (χ1v) is 8.75. The summed E-state index contributed by atoms with van der Waals surface area (Å²) in [5.74, 6) is 0. The lowest BCUT2D eigenvalue weighted by atomic mass is 9.97.